The van der Waals surface area contributed by atoms with Crippen molar-refractivity contribution in [1.29, 1.82) is 0 Å². The summed E-state index contributed by atoms with van der Waals surface area (Å²) in [4.78, 5) is 12.1. The molecule has 1 heterocycles. The first-order chi connectivity index (χ1) is 7.20. The first kappa shape index (κ1) is 9.86. The van der Waals surface area contributed by atoms with Crippen LogP contribution in [0.15, 0.2) is 30.3 Å². The van der Waals surface area contributed by atoms with Crippen LogP contribution in [0.1, 0.15) is 9.67 Å². The molecule has 0 radical (unpaired) electrons. The minimum Gasteiger partial charge on any atom is -0.396 e. The van der Waals surface area contributed by atoms with Crippen molar-refractivity contribution in [2.24, 2.45) is 0 Å². The van der Waals surface area contributed by atoms with E-state index >= 15 is 0 Å². The van der Waals surface area contributed by atoms with Crippen molar-refractivity contribution in [3.8, 4) is 10.4 Å². The van der Waals surface area contributed by atoms with Gasteiger partial charge in [-0.05, 0) is 29.8 Å². The second-order valence-corrected chi connectivity index (χ2v) is 4.17. The SMILES string of the molecule is Nc1cc(-c2ccc(C=O)s2)ccc1F. The van der Waals surface area contributed by atoms with Gasteiger partial charge >= 0.3 is 0 Å². The standard InChI is InChI=1S/C11H8FNOS/c12-9-3-1-7(5-10(9)13)11-4-2-8(6-14)15-11/h1-6H,13H2. The van der Waals surface area contributed by atoms with Gasteiger partial charge in [-0.15, -0.1) is 11.3 Å². The molecule has 0 spiro atoms. The van der Waals surface area contributed by atoms with E-state index in [2.05, 4.69) is 0 Å². The van der Waals surface area contributed by atoms with E-state index in [9.17, 15) is 9.18 Å². The van der Waals surface area contributed by atoms with E-state index in [-0.39, 0.29) is 5.69 Å². The Morgan fingerprint density at radius 2 is 2.07 bits per heavy atom. The molecule has 2 N–H and O–H groups in total. The molecule has 0 saturated carbocycles. The lowest BCUT2D eigenvalue weighted by Gasteiger charge is -2.00. The summed E-state index contributed by atoms with van der Waals surface area (Å²) >= 11 is 1.35. The largest absolute Gasteiger partial charge is 0.396 e. The van der Waals surface area contributed by atoms with Crippen LogP contribution in [0.4, 0.5) is 10.1 Å². The molecule has 0 fully saturated rings. The molecule has 0 saturated heterocycles. The highest BCUT2D eigenvalue weighted by Gasteiger charge is 2.04. The van der Waals surface area contributed by atoms with Crippen molar-refractivity contribution in [1.82, 2.24) is 0 Å². The van der Waals surface area contributed by atoms with Crippen LogP contribution in [0.3, 0.4) is 0 Å². The fourth-order valence-corrected chi connectivity index (χ4v) is 2.09. The van der Waals surface area contributed by atoms with E-state index in [4.69, 9.17) is 5.73 Å². The maximum absolute atomic E-state index is 12.9. The first-order valence-electron chi connectivity index (χ1n) is 4.31. The molecule has 76 valence electrons. The third kappa shape index (κ3) is 1.89. The maximum Gasteiger partial charge on any atom is 0.160 e. The molecule has 15 heavy (non-hydrogen) atoms. The number of halogens is 1. The summed E-state index contributed by atoms with van der Waals surface area (Å²) in [5.74, 6) is -0.425. The number of anilines is 1. The first-order valence-corrected chi connectivity index (χ1v) is 5.13. The Labute approximate surface area is 90.2 Å². The van der Waals surface area contributed by atoms with E-state index in [1.54, 1.807) is 18.2 Å². The summed E-state index contributed by atoms with van der Waals surface area (Å²) in [5, 5.41) is 0. The number of thiophene rings is 1. The van der Waals surface area contributed by atoms with Gasteiger partial charge in [0.05, 0.1) is 10.6 Å². The summed E-state index contributed by atoms with van der Waals surface area (Å²) < 4.78 is 12.9. The highest BCUT2D eigenvalue weighted by atomic mass is 32.1. The van der Waals surface area contributed by atoms with Crippen LogP contribution >= 0.6 is 11.3 Å². The van der Waals surface area contributed by atoms with Crippen molar-refractivity contribution in [2.75, 3.05) is 5.73 Å². The monoisotopic (exact) mass is 221 g/mol. The number of nitrogen functional groups attached to an aromatic ring is 1. The van der Waals surface area contributed by atoms with E-state index in [0.717, 1.165) is 16.7 Å². The molecular formula is C11H8FNOS. The zero-order valence-corrected chi connectivity index (χ0v) is 8.55. The number of aldehydes is 1. The lowest BCUT2D eigenvalue weighted by molar-refractivity contribution is 0.112. The average Bonchev–Trinajstić information content (AvgIpc) is 2.70. The Kier molecular flexibility index (Phi) is 2.51. The smallest absolute Gasteiger partial charge is 0.160 e. The summed E-state index contributed by atoms with van der Waals surface area (Å²) in [6.07, 6.45) is 0.793. The van der Waals surface area contributed by atoms with Gasteiger partial charge in [0.1, 0.15) is 5.82 Å². The molecule has 0 aliphatic rings. The van der Waals surface area contributed by atoms with E-state index in [0.29, 0.717) is 4.88 Å². The van der Waals surface area contributed by atoms with Crippen LogP contribution in [0.25, 0.3) is 10.4 Å². The highest BCUT2D eigenvalue weighted by Crippen LogP contribution is 2.29. The maximum atomic E-state index is 12.9. The highest BCUT2D eigenvalue weighted by molar-refractivity contribution is 7.17. The van der Waals surface area contributed by atoms with Gasteiger partial charge in [0.25, 0.3) is 0 Å². The number of hydrogen-bond acceptors (Lipinski definition) is 3. The second kappa shape index (κ2) is 3.82. The Bertz CT molecular complexity index is 507. The zero-order chi connectivity index (χ0) is 10.8. The average molecular weight is 221 g/mol. The summed E-state index contributed by atoms with van der Waals surface area (Å²) in [6, 6.07) is 8.08. The normalized spacial score (nSPS) is 10.2. The topological polar surface area (TPSA) is 43.1 Å². The number of nitrogens with two attached hydrogens (primary N) is 1. The number of carbonyl (C=O) groups is 1. The predicted octanol–water partition coefficient (Wildman–Crippen LogP) is 2.95. The van der Waals surface area contributed by atoms with Crippen LogP contribution in [0, 0.1) is 5.82 Å². The van der Waals surface area contributed by atoms with E-state index < -0.39 is 5.82 Å². The van der Waals surface area contributed by atoms with Gasteiger partial charge < -0.3 is 5.73 Å². The van der Waals surface area contributed by atoms with Gasteiger partial charge in [-0.1, -0.05) is 6.07 Å². The zero-order valence-electron chi connectivity index (χ0n) is 7.74. The summed E-state index contributed by atoms with van der Waals surface area (Å²) in [7, 11) is 0. The third-order valence-corrected chi connectivity index (χ3v) is 3.08. The van der Waals surface area contributed by atoms with Crippen LogP contribution in [0.5, 0.6) is 0 Å². The van der Waals surface area contributed by atoms with Gasteiger partial charge in [0.2, 0.25) is 0 Å². The Hall–Kier alpha value is -1.68. The minimum absolute atomic E-state index is 0.119. The molecule has 2 rings (SSSR count). The number of benzene rings is 1. The quantitative estimate of drug-likeness (QED) is 0.625. The molecular weight excluding hydrogens is 213 g/mol. The predicted molar refractivity (Wildman–Crippen MR) is 59.5 cm³/mol. The van der Waals surface area contributed by atoms with Gasteiger partial charge in [-0.25, -0.2) is 4.39 Å². The number of hydrogen-bond donors (Lipinski definition) is 1. The third-order valence-electron chi connectivity index (χ3n) is 2.02. The van der Waals surface area contributed by atoms with Crippen molar-refractivity contribution >= 4 is 23.3 Å². The van der Waals surface area contributed by atoms with Crippen molar-refractivity contribution < 1.29 is 9.18 Å². The molecule has 0 amide bonds. The van der Waals surface area contributed by atoms with Gasteiger partial charge in [-0.2, -0.15) is 0 Å². The molecule has 1 aromatic heterocycles. The van der Waals surface area contributed by atoms with Crippen LogP contribution < -0.4 is 5.73 Å². The van der Waals surface area contributed by atoms with Gasteiger partial charge in [0.15, 0.2) is 6.29 Å². The Balaban J connectivity index is 2.44. The minimum atomic E-state index is -0.425. The Morgan fingerprint density at radius 3 is 2.67 bits per heavy atom. The molecule has 0 aliphatic heterocycles. The summed E-state index contributed by atoms with van der Waals surface area (Å²) in [5.41, 5.74) is 6.40. The molecule has 0 atom stereocenters. The van der Waals surface area contributed by atoms with Crippen molar-refractivity contribution in [2.45, 2.75) is 0 Å². The van der Waals surface area contributed by atoms with Gasteiger partial charge in [0, 0.05) is 4.88 Å². The van der Waals surface area contributed by atoms with E-state index in [1.165, 1.54) is 17.4 Å². The van der Waals surface area contributed by atoms with Gasteiger partial charge in [-0.3, -0.25) is 4.79 Å². The summed E-state index contributed by atoms with van der Waals surface area (Å²) in [6.45, 7) is 0. The van der Waals surface area contributed by atoms with Crippen LogP contribution in [-0.2, 0) is 0 Å². The molecule has 2 nitrogen and oxygen atoms in total. The molecule has 0 aliphatic carbocycles. The number of rotatable bonds is 2. The Morgan fingerprint density at radius 1 is 1.27 bits per heavy atom. The molecule has 4 heteroatoms. The van der Waals surface area contributed by atoms with Crippen molar-refractivity contribution in [3.63, 3.8) is 0 Å². The molecule has 2 aromatic rings. The van der Waals surface area contributed by atoms with E-state index in [1.807, 2.05) is 6.07 Å². The number of carbonyl (C=O) groups excluding carboxylic acids is 1. The lowest BCUT2D eigenvalue weighted by atomic mass is 10.1. The van der Waals surface area contributed by atoms with Crippen LogP contribution in [0.2, 0.25) is 0 Å². The molecule has 0 bridgehead atoms. The fourth-order valence-electron chi connectivity index (χ4n) is 1.27. The molecule has 1 aromatic carbocycles. The molecule has 0 unspecified atom stereocenters. The fraction of sp³-hybridized carbons (Fsp3) is 0. The second-order valence-electron chi connectivity index (χ2n) is 3.06. The lowest BCUT2D eigenvalue weighted by Crippen LogP contribution is -1.89. The van der Waals surface area contributed by atoms with Crippen LogP contribution in [-0.4, -0.2) is 6.29 Å². The van der Waals surface area contributed by atoms with Crippen molar-refractivity contribution in [3.05, 3.63) is 41.0 Å².